The molecule has 2 rings (SSSR count). The minimum absolute atomic E-state index is 0.128. The van der Waals surface area contributed by atoms with Gasteiger partial charge in [-0.1, -0.05) is 0 Å². The highest BCUT2D eigenvalue weighted by molar-refractivity contribution is 7.15. The van der Waals surface area contributed by atoms with Crippen molar-refractivity contribution in [3.05, 3.63) is 10.6 Å². The second-order valence-corrected chi connectivity index (χ2v) is 6.32. The Labute approximate surface area is 123 Å². The Morgan fingerprint density at radius 1 is 1.55 bits per heavy atom. The third kappa shape index (κ3) is 4.26. The van der Waals surface area contributed by atoms with E-state index < -0.39 is 6.10 Å². The Morgan fingerprint density at radius 3 is 2.95 bits per heavy atom. The molecule has 2 atom stereocenters. The van der Waals surface area contributed by atoms with Crippen molar-refractivity contribution in [3.63, 3.8) is 0 Å². The predicted octanol–water partition coefficient (Wildman–Crippen LogP) is 2.67. The minimum atomic E-state index is -0.495. The van der Waals surface area contributed by atoms with E-state index in [1.54, 1.807) is 6.92 Å². The van der Waals surface area contributed by atoms with E-state index in [0.717, 1.165) is 30.0 Å². The van der Waals surface area contributed by atoms with Gasteiger partial charge in [-0.3, -0.25) is 10.1 Å². The Morgan fingerprint density at radius 2 is 2.35 bits per heavy atom. The van der Waals surface area contributed by atoms with Crippen molar-refractivity contribution in [2.75, 3.05) is 18.5 Å². The number of ether oxygens (including phenoxy) is 2. The van der Waals surface area contributed by atoms with Crippen LogP contribution in [0.4, 0.5) is 5.13 Å². The lowest BCUT2D eigenvalue weighted by atomic mass is 10.1. The van der Waals surface area contributed by atoms with E-state index in [4.69, 9.17) is 9.47 Å². The zero-order chi connectivity index (χ0) is 14.5. The molecule has 1 aromatic heterocycles. The standard InChI is InChI=1S/C14H22N2O3S/c1-9-11(3)20-14(15-9)16-13(17)10(2)19-8-12-6-4-5-7-18-12/h10,12H,4-8H2,1-3H3,(H,15,16,17)/t10-,12+/m1/s1. The fourth-order valence-electron chi connectivity index (χ4n) is 2.00. The van der Waals surface area contributed by atoms with Crippen molar-refractivity contribution < 1.29 is 14.3 Å². The normalized spacial score (nSPS) is 20.6. The second kappa shape index (κ2) is 7.15. The van der Waals surface area contributed by atoms with Gasteiger partial charge >= 0.3 is 0 Å². The van der Waals surface area contributed by atoms with Crippen molar-refractivity contribution in [3.8, 4) is 0 Å². The van der Waals surface area contributed by atoms with Gasteiger partial charge in [0.2, 0.25) is 0 Å². The summed E-state index contributed by atoms with van der Waals surface area (Å²) in [5.74, 6) is -0.158. The maximum Gasteiger partial charge on any atom is 0.254 e. The van der Waals surface area contributed by atoms with Gasteiger partial charge in [0.25, 0.3) is 5.91 Å². The zero-order valence-electron chi connectivity index (χ0n) is 12.3. The molecule has 0 spiro atoms. The Balaban J connectivity index is 1.76. The van der Waals surface area contributed by atoms with Crippen molar-refractivity contribution >= 4 is 22.4 Å². The van der Waals surface area contributed by atoms with Crippen molar-refractivity contribution in [1.29, 1.82) is 0 Å². The topological polar surface area (TPSA) is 60.5 Å². The maximum atomic E-state index is 12.0. The number of carbonyl (C=O) groups is 1. The number of aromatic nitrogens is 1. The van der Waals surface area contributed by atoms with E-state index in [9.17, 15) is 4.79 Å². The molecule has 1 aliphatic rings. The zero-order valence-corrected chi connectivity index (χ0v) is 13.1. The average Bonchev–Trinajstić information content (AvgIpc) is 2.75. The van der Waals surface area contributed by atoms with Crippen molar-refractivity contribution in [2.45, 2.75) is 52.2 Å². The number of nitrogens with one attached hydrogen (secondary N) is 1. The van der Waals surface area contributed by atoms with Crippen LogP contribution >= 0.6 is 11.3 Å². The highest BCUT2D eigenvalue weighted by Gasteiger charge is 2.19. The summed E-state index contributed by atoms with van der Waals surface area (Å²) in [6.07, 6.45) is 2.94. The Hall–Kier alpha value is -0.980. The fraction of sp³-hybridized carbons (Fsp3) is 0.714. The molecule has 112 valence electrons. The number of hydrogen-bond acceptors (Lipinski definition) is 5. The summed E-state index contributed by atoms with van der Waals surface area (Å²) in [6, 6.07) is 0. The molecule has 5 nitrogen and oxygen atoms in total. The van der Waals surface area contributed by atoms with Crippen molar-refractivity contribution in [2.24, 2.45) is 0 Å². The summed E-state index contributed by atoms with van der Waals surface area (Å²) in [7, 11) is 0. The molecule has 1 N–H and O–H groups in total. The first-order valence-corrected chi connectivity index (χ1v) is 7.86. The van der Waals surface area contributed by atoms with Gasteiger partial charge in [0, 0.05) is 11.5 Å². The number of amides is 1. The molecule has 1 aliphatic heterocycles. The van der Waals surface area contributed by atoms with Crippen LogP contribution in [0.3, 0.4) is 0 Å². The molecule has 0 aromatic carbocycles. The van der Waals surface area contributed by atoms with Gasteiger partial charge < -0.3 is 9.47 Å². The molecule has 0 bridgehead atoms. The van der Waals surface area contributed by atoms with Crippen LogP contribution in [-0.4, -0.2) is 36.3 Å². The van der Waals surface area contributed by atoms with Crippen LogP contribution in [0.1, 0.15) is 36.8 Å². The molecular weight excluding hydrogens is 276 g/mol. The molecule has 1 aromatic rings. The molecule has 1 amide bonds. The van der Waals surface area contributed by atoms with E-state index in [1.165, 1.54) is 17.8 Å². The summed E-state index contributed by atoms with van der Waals surface area (Å²) < 4.78 is 11.2. The summed E-state index contributed by atoms with van der Waals surface area (Å²) in [4.78, 5) is 17.4. The SMILES string of the molecule is Cc1nc(NC(=O)[C@@H](C)OC[C@@H]2CCCCO2)sc1C. The third-order valence-corrected chi connectivity index (χ3v) is 4.42. The second-order valence-electron chi connectivity index (χ2n) is 5.11. The Bertz CT molecular complexity index is 436. The lowest BCUT2D eigenvalue weighted by Gasteiger charge is -2.23. The summed E-state index contributed by atoms with van der Waals surface area (Å²) in [6.45, 7) is 6.95. The first kappa shape index (κ1) is 15.4. The number of carbonyl (C=O) groups excluding carboxylic acids is 1. The summed E-state index contributed by atoms with van der Waals surface area (Å²) >= 11 is 1.48. The molecule has 0 unspecified atom stereocenters. The molecule has 2 heterocycles. The van der Waals surface area contributed by atoms with Gasteiger partial charge in [0.05, 0.1) is 18.4 Å². The van der Waals surface area contributed by atoms with Gasteiger partial charge in [0.15, 0.2) is 5.13 Å². The van der Waals surface area contributed by atoms with Crippen molar-refractivity contribution in [1.82, 2.24) is 4.98 Å². The van der Waals surface area contributed by atoms with E-state index in [1.807, 2.05) is 13.8 Å². The predicted molar refractivity (Wildman–Crippen MR) is 79.2 cm³/mol. The van der Waals surface area contributed by atoms with Crippen LogP contribution in [0.15, 0.2) is 0 Å². The molecule has 20 heavy (non-hydrogen) atoms. The van der Waals surface area contributed by atoms with Crippen LogP contribution in [0.2, 0.25) is 0 Å². The minimum Gasteiger partial charge on any atom is -0.376 e. The highest BCUT2D eigenvalue weighted by Crippen LogP contribution is 2.21. The quantitative estimate of drug-likeness (QED) is 0.908. The smallest absolute Gasteiger partial charge is 0.254 e. The van der Waals surface area contributed by atoms with E-state index >= 15 is 0 Å². The summed E-state index contributed by atoms with van der Waals surface area (Å²) in [5, 5.41) is 3.43. The maximum absolute atomic E-state index is 12.0. The first-order valence-electron chi connectivity index (χ1n) is 7.04. The molecule has 0 radical (unpaired) electrons. The lowest BCUT2D eigenvalue weighted by Crippen LogP contribution is -2.32. The monoisotopic (exact) mass is 298 g/mol. The van der Waals surface area contributed by atoms with Crippen LogP contribution in [0.5, 0.6) is 0 Å². The third-order valence-electron chi connectivity index (χ3n) is 3.43. The van der Waals surface area contributed by atoms with Gasteiger partial charge in [-0.2, -0.15) is 0 Å². The number of thiazole rings is 1. The largest absolute Gasteiger partial charge is 0.376 e. The van der Waals surface area contributed by atoms with Gasteiger partial charge in [-0.15, -0.1) is 11.3 Å². The average molecular weight is 298 g/mol. The molecule has 0 aliphatic carbocycles. The molecule has 1 saturated heterocycles. The van der Waals surface area contributed by atoms with E-state index in [0.29, 0.717) is 11.7 Å². The van der Waals surface area contributed by atoms with Gasteiger partial charge in [-0.25, -0.2) is 4.98 Å². The number of rotatable bonds is 5. The molecular formula is C14H22N2O3S. The number of nitrogens with zero attached hydrogens (tertiary/aromatic N) is 1. The fourth-order valence-corrected chi connectivity index (χ4v) is 2.82. The van der Waals surface area contributed by atoms with Crippen LogP contribution in [-0.2, 0) is 14.3 Å². The lowest BCUT2D eigenvalue weighted by molar-refractivity contribution is -0.130. The van der Waals surface area contributed by atoms with Crippen LogP contribution in [0, 0.1) is 13.8 Å². The first-order chi connectivity index (χ1) is 9.56. The van der Waals surface area contributed by atoms with Crippen LogP contribution in [0.25, 0.3) is 0 Å². The van der Waals surface area contributed by atoms with E-state index in [2.05, 4.69) is 10.3 Å². The highest BCUT2D eigenvalue weighted by atomic mass is 32.1. The number of aryl methyl sites for hydroxylation is 2. The van der Waals surface area contributed by atoms with Gasteiger partial charge in [-0.05, 0) is 40.0 Å². The Kier molecular flexibility index (Phi) is 5.51. The number of hydrogen-bond donors (Lipinski definition) is 1. The van der Waals surface area contributed by atoms with E-state index in [-0.39, 0.29) is 12.0 Å². The molecule has 1 fully saturated rings. The molecule has 0 saturated carbocycles. The number of anilines is 1. The van der Waals surface area contributed by atoms with Crippen LogP contribution < -0.4 is 5.32 Å². The summed E-state index contributed by atoms with van der Waals surface area (Å²) in [5.41, 5.74) is 0.953. The van der Waals surface area contributed by atoms with Gasteiger partial charge in [0.1, 0.15) is 6.10 Å². The molecule has 6 heteroatoms.